The molecule has 1 aliphatic heterocycles. The van der Waals surface area contributed by atoms with Crippen molar-refractivity contribution in [1.29, 1.82) is 5.41 Å². The Bertz CT molecular complexity index is 562. The monoisotopic (exact) mass is 253 g/mol. The highest BCUT2D eigenvalue weighted by Gasteiger charge is 2.37. The molecule has 3 atom stereocenters. The van der Waals surface area contributed by atoms with E-state index in [4.69, 9.17) is 10.1 Å². The molecule has 18 heavy (non-hydrogen) atoms. The van der Waals surface area contributed by atoms with E-state index in [0.717, 1.165) is 0 Å². The van der Waals surface area contributed by atoms with Crippen molar-refractivity contribution in [2.45, 2.75) is 25.7 Å². The number of hydrogen-bond acceptors (Lipinski definition) is 5. The van der Waals surface area contributed by atoms with E-state index >= 15 is 0 Å². The van der Waals surface area contributed by atoms with E-state index in [2.05, 4.69) is 4.98 Å². The summed E-state index contributed by atoms with van der Waals surface area (Å²) >= 11 is 0. The normalized spacial score (nSPS) is 27.3. The first-order valence-electron chi connectivity index (χ1n) is 5.65. The predicted octanol–water partition coefficient (Wildman–Crippen LogP) is -0.528. The van der Waals surface area contributed by atoms with Crippen LogP contribution in [0.1, 0.15) is 19.6 Å². The number of rotatable bonds is 3. The van der Waals surface area contributed by atoms with E-state index < -0.39 is 23.6 Å². The minimum Gasteiger partial charge on any atom is -0.394 e. The molecule has 1 aliphatic rings. The number of nitrogens with zero attached hydrogens (tertiary/aromatic N) is 1. The second-order valence-electron chi connectivity index (χ2n) is 4.35. The van der Waals surface area contributed by atoms with Gasteiger partial charge >= 0.3 is 5.69 Å². The number of nitrogens with one attached hydrogen (secondary N) is 2. The van der Waals surface area contributed by atoms with Crippen LogP contribution in [0, 0.1) is 11.3 Å². The van der Waals surface area contributed by atoms with Gasteiger partial charge in [-0.25, -0.2) is 4.79 Å². The third kappa shape index (κ3) is 2.27. The Labute approximate surface area is 103 Å². The van der Waals surface area contributed by atoms with Gasteiger partial charge in [0.15, 0.2) is 0 Å². The van der Waals surface area contributed by atoms with Crippen LogP contribution in [0.2, 0.25) is 0 Å². The summed E-state index contributed by atoms with van der Waals surface area (Å²) in [7, 11) is 0. The molecule has 0 amide bonds. The summed E-state index contributed by atoms with van der Waals surface area (Å²) in [5, 5.41) is 16.8. The van der Waals surface area contributed by atoms with Gasteiger partial charge in [-0.05, 0) is 6.92 Å². The lowest BCUT2D eigenvalue weighted by atomic mass is 9.96. The van der Waals surface area contributed by atoms with Crippen molar-refractivity contribution < 1.29 is 9.84 Å². The zero-order chi connectivity index (χ0) is 13.3. The van der Waals surface area contributed by atoms with Crippen LogP contribution in [0.3, 0.4) is 0 Å². The molecule has 7 nitrogen and oxygen atoms in total. The van der Waals surface area contributed by atoms with E-state index in [1.165, 1.54) is 16.8 Å². The first kappa shape index (κ1) is 12.7. The molecule has 1 fully saturated rings. The zero-order valence-electron chi connectivity index (χ0n) is 9.92. The molecule has 2 heterocycles. The maximum absolute atomic E-state index is 11.6. The molecular weight excluding hydrogens is 238 g/mol. The topological polar surface area (TPSA) is 108 Å². The maximum atomic E-state index is 11.6. The number of H-pyrrole nitrogens is 1. The lowest BCUT2D eigenvalue weighted by Crippen LogP contribution is -2.31. The highest BCUT2D eigenvalue weighted by molar-refractivity contribution is 5.82. The molecule has 3 N–H and O–H groups in total. The number of ether oxygens (including phenoxy) is 1. The van der Waals surface area contributed by atoms with Crippen LogP contribution < -0.4 is 11.2 Å². The third-order valence-corrected chi connectivity index (χ3v) is 3.13. The maximum Gasteiger partial charge on any atom is 0.330 e. The summed E-state index contributed by atoms with van der Waals surface area (Å²) in [5.41, 5.74) is -0.603. The van der Waals surface area contributed by atoms with E-state index in [1.54, 1.807) is 6.92 Å². The Balaban J connectivity index is 2.28. The molecular formula is C11H15N3O4. The minimum absolute atomic E-state index is 0.199. The molecule has 98 valence electrons. The summed E-state index contributed by atoms with van der Waals surface area (Å²) in [6, 6.07) is 1.24. The number of aromatic nitrogens is 2. The highest BCUT2D eigenvalue weighted by atomic mass is 16.5. The van der Waals surface area contributed by atoms with Gasteiger partial charge in [-0.15, -0.1) is 0 Å². The van der Waals surface area contributed by atoms with Crippen LogP contribution >= 0.6 is 0 Å². The largest absolute Gasteiger partial charge is 0.394 e. The van der Waals surface area contributed by atoms with Gasteiger partial charge in [0.1, 0.15) is 6.23 Å². The minimum atomic E-state index is -0.559. The van der Waals surface area contributed by atoms with E-state index in [0.29, 0.717) is 12.1 Å². The number of aliphatic hydroxyl groups excluding tert-OH is 1. The van der Waals surface area contributed by atoms with Crippen LogP contribution in [0.25, 0.3) is 0 Å². The standard InChI is InChI=1S/C11H15N3O4/c1-6(12)7-4-10(18-8(7)5-15)14-3-2-9(16)13-11(14)17/h2-3,7-8,10,12,15H,4-5H2,1H3,(H,13,16,17)/t7-,8-,10-/m1/s1. The quantitative estimate of drug-likeness (QED) is 0.629. The Morgan fingerprint density at radius 1 is 1.67 bits per heavy atom. The van der Waals surface area contributed by atoms with Gasteiger partial charge < -0.3 is 15.3 Å². The summed E-state index contributed by atoms with van der Waals surface area (Å²) in [6.07, 6.45) is 0.761. The average molecular weight is 253 g/mol. The lowest BCUT2D eigenvalue weighted by Gasteiger charge is -2.14. The molecule has 0 aromatic carbocycles. The summed E-state index contributed by atoms with van der Waals surface area (Å²) < 4.78 is 6.81. The van der Waals surface area contributed by atoms with Crippen LogP contribution in [-0.2, 0) is 4.74 Å². The van der Waals surface area contributed by atoms with Gasteiger partial charge in [0.2, 0.25) is 0 Å². The molecule has 1 saturated heterocycles. The van der Waals surface area contributed by atoms with Gasteiger partial charge in [-0.2, -0.15) is 0 Å². The molecule has 0 saturated carbocycles. The Morgan fingerprint density at radius 3 is 2.89 bits per heavy atom. The zero-order valence-corrected chi connectivity index (χ0v) is 9.92. The summed E-state index contributed by atoms with van der Waals surface area (Å²) in [4.78, 5) is 24.7. The number of hydrogen-bond donors (Lipinski definition) is 3. The molecule has 0 spiro atoms. The molecule has 7 heteroatoms. The number of aromatic amines is 1. The highest BCUT2D eigenvalue weighted by Crippen LogP contribution is 2.32. The van der Waals surface area contributed by atoms with Crippen LogP contribution in [0.15, 0.2) is 21.9 Å². The molecule has 2 rings (SSSR count). The van der Waals surface area contributed by atoms with Crippen molar-refractivity contribution in [1.82, 2.24) is 9.55 Å². The van der Waals surface area contributed by atoms with E-state index in [-0.39, 0.29) is 12.5 Å². The average Bonchev–Trinajstić information content (AvgIpc) is 2.73. The number of aliphatic hydroxyl groups is 1. The SMILES string of the molecule is CC(=N)[C@H]1C[C@H](n2ccc(=O)[nH]c2=O)O[C@@H]1CO. The van der Waals surface area contributed by atoms with E-state index in [1.807, 2.05) is 0 Å². The Morgan fingerprint density at radius 2 is 2.39 bits per heavy atom. The lowest BCUT2D eigenvalue weighted by molar-refractivity contribution is -0.0284. The van der Waals surface area contributed by atoms with Gasteiger partial charge in [-0.1, -0.05) is 0 Å². The molecule has 0 radical (unpaired) electrons. The predicted molar refractivity (Wildman–Crippen MR) is 63.8 cm³/mol. The summed E-state index contributed by atoms with van der Waals surface area (Å²) in [5.74, 6) is -0.209. The third-order valence-electron chi connectivity index (χ3n) is 3.13. The first-order valence-corrected chi connectivity index (χ1v) is 5.65. The Kier molecular flexibility index (Phi) is 3.44. The van der Waals surface area contributed by atoms with Crippen LogP contribution in [-0.4, -0.2) is 33.1 Å². The fourth-order valence-corrected chi connectivity index (χ4v) is 2.18. The first-order chi connectivity index (χ1) is 8.52. The van der Waals surface area contributed by atoms with Gasteiger partial charge in [0.05, 0.1) is 12.7 Å². The smallest absolute Gasteiger partial charge is 0.330 e. The molecule has 1 aromatic heterocycles. The van der Waals surface area contributed by atoms with Crippen LogP contribution in [0.5, 0.6) is 0 Å². The Hall–Kier alpha value is -1.73. The molecule has 0 bridgehead atoms. The summed E-state index contributed by atoms with van der Waals surface area (Å²) in [6.45, 7) is 1.45. The van der Waals surface area contributed by atoms with Crippen molar-refractivity contribution >= 4 is 5.71 Å². The van der Waals surface area contributed by atoms with E-state index in [9.17, 15) is 14.7 Å². The van der Waals surface area contributed by atoms with Crippen molar-refractivity contribution in [2.75, 3.05) is 6.61 Å². The second kappa shape index (κ2) is 4.87. The second-order valence-corrected chi connectivity index (χ2v) is 4.35. The molecule has 0 aliphatic carbocycles. The fourth-order valence-electron chi connectivity index (χ4n) is 2.18. The van der Waals surface area contributed by atoms with Crippen molar-refractivity contribution in [3.05, 3.63) is 33.1 Å². The van der Waals surface area contributed by atoms with Crippen molar-refractivity contribution in [2.24, 2.45) is 5.92 Å². The van der Waals surface area contributed by atoms with Crippen LogP contribution in [0.4, 0.5) is 0 Å². The van der Waals surface area contributed by atoms with Gasteiger partial charge in [0, 0.05) is 30.3 Å². The van der Waals surface area contributed by atoms with Crippen molar-refractivity contribution in [3.8, 4) is 0 Å². The molecule has 0 unspecified atom stereocenters. The van der Waals surface area contributed by atoms with Gasteiger partial charge in [0.25, 0.3) is 5.56 Å². The fraction of sp³-hybridized carbons (Fsp3) is 0.545. The van der Waals surface area contributed by atoms with Crippen molar-refractivity contribution in [3.63, 3.8) is 0 Å². The van der Waals surface area contributed by atoms with Gasteiger partial charge in [-0.3, -0.25) is 14.3 Å². The molecule has 1 aromatic rings.